The molecule has 0 aliphatic heterocycles. The Hall–Kier alpha value is -1.20. The zero-order valence-electron chi connectivity index (χ0n) is 17.0. The number of anilines is 1. The molecule has 5 heteroatoms. The molecule has 4 rings (SSSR count). The van der Waals surface area contributed by atoms with E-state index in [0.29, 0.717) is 17.0 Å². The maximum Gasteiger partial charge on any atom is 0.138 e. The summed E-state index contributed by atoms with van der Waals surface area (Å²) >= 11 is 1.26. The average molecular weight is 320 g/mol. The molecule has 2 aliphatic carbocycles. The minimum Gasteiger partial charge on any atom is -0.367 e. The number of fused-ring (bicyclic) bond motifs is 3. The first-order valence-electron chi connectivity index (χ1n) is 9.90. The average Bonchev–Trinajstić information content (AvgIpc) is 3.02. The van der Waals surface area contributed by atoms with Crippen molar-refractivity contribution in [2.24, 2.45) is 0 Å². The molecule has 2 aromatic heterocycles. The van der Waals surface area contributed by atoms with Gasteiger partial charge in [-0.25, -0.2) is 9.97 Å². The van der Waals surface area contributed by atoms with Crippen LogP contribution in [-0.4, -0.2) is 41.0 Å². The lowest BCUT2D eigenvalue weighted by Crippen LogP contribution is -2.36. The number of hydrogen-bond acceptors (Lipinski definition) is 5. The summed E-state index contributed by atoms with van der Waals surface area (Å²) in [7, 11) is 4.26. The van der Waals surface area contributed by atoms with Crippen LogP contribution >= 0.6 is 11.3 Å². The van der Waals surface area contributed by atoms with Crippen molar-refractivity contribution >= 4 is 27.4 Å². The van der Waals surface area contributed by atoms with Crippen LogP contribution < -0.4 is 5.32 Å². The molecule has 2 heterocycles. The highest BCUT2D eigenvalue weighted by molar-refractivity contribution is 7.19. The van der Waals surface area contributed by atoms with Crippen LogP contribution in [0, 0.1) is 0 Å². The van der Waals surface area contributed by atoms with Crippen molar-refractivity contribution in [2.45, 2.75) is 56.9 Å². The minimum atomic E-state index is -1.98. The van der Waals surface area contributed by atoms with Crippen molar-refractivity contribution in [3.8, 4) is 0 Å². The maximum atomic E-state index is 8.22. The fraction of sp³-hybridized carbons (Fsp3) is 0.647. The Morgan fingerprint density at radius 3 is 2.86 bits per heavy atom. The second kappa shape index (κ2) is 5.78. The van der Waals surface area contributed by atoms with Gasteiger partial charge < -0.3 is 10.2 Å². The third-order valence-corrected chi connectivity index (χ3v) is 5.88. The van der Waals surface area contributed by atoms with Crippen molar-refractivity contribution in [2.75, 3.05) is 19.4 Å². The molecule has 0 radical (unpaired) electrons. The maximum absolute atomic E-state index is 8.22. The number of aromatic nitrogens is 2. The molecule has 1 saturated carbocycles. The largest absolute Gasteiger partial charge is 0.367 e. The highest BCUT2D eigenvalue weighted by atomic mass is 32.1. The fourth-order valence-electron chi connectivity index (χ4n) is 3.51. The predicted octanol–water partition coefficient (Wildman–Crippen LogP) is 3.46. The van der Waals surface area contributed by atoms with Gasteiger partial charge in [0.1, 0.15) is 17.0 Å². The molecule has 118 valence electrons. The molecule has 0 unspecified atom stereocenters. The molecule has 1 N–H and O–H groups in total. The highest BCUT2D eigenvalue weighted by Gasteiger charge is 2.25. The van der Waals surface area contributed by atoms with Crippen LogP contribution in [0.15, 0.2) is 6.33 Å². The summed E-state index contributed by atoms with van der Waals surface area (Å²) < 4.78 is 32.6. The summed E-state index contributed by atoms with van der Waals surface area (Å²) in [4.78, 5) is 12.2. The first-order chi connectivity index (χ1) is 12.2. The molecule has 0 atom stereocenters. The van der Waals surface area contributed by atoms with E-state index >= 15 is 0 Å². The molecule has 1 fully saturated rings. The lowest BCUT2D eigenvalue weighted by molar-refractivity contribution is 0.221. The van der Waals surface area contributed by atoms with E-state index < -0.39 is 12.7 Å². The summed E-state index contributed by atoms with van der Waals surface area (Å²) in [5.74, 6) is 0.731. The van der Waals surface area contributed by atoms with Gasteiger partial charge in [0.2, 0.25) is 0 Å². The lowest BCUT2D eigenvalue weighted by atomic mass is 9.90. The standard InChI is InChI=1S/C17H24N4S/c1-21(2)12-8-6-11(7-9-12)20-16-15-13-4-3-5-14(13)22-17(15)19-10-18-16/h10-12H,3-9H2,1-2H3,(H,18,19,20)/i3D2,5D2. The predicted molar refractivity (Wildman–Crippen MR) is 92.8 cm³/mol. The van der Waals surface area contributed by atoms with Gasteiger partial charge in [-0.1, -0.05) is 0 Å². The number of rotatable bonds is 3. The monoisotopic (exact) mass is 320 g/mol. The van der Waals surface area contributed by atoms with Gasteiger partial charge in [-0.3, -0.25) is 0 Å². The van der Waals surface area contributed by atoms with E-state index in [0.717, 1.165) is 47.3 Å². The van der Waals surface area contributed by atoms with Crippen LogP contribution in [0.2, 0.25) is 0 Å². The van der Waals surface area contributed by atoms with Gasteiger partial charge in [0, 0.05) is 22.4 Å². The van der Waals surface area contributed by atoms with Crippen LogP contribution in [0.3, 0.4) is 0 Å². The smallest absolute Gasteiger partial charge is 0.138 e. The summed E-state index contributed by atoms with van der Waals surface area (Å²) in [6.45, 7) is 0. The topological polar surface area (TPSA) is 41.1 Å². The SMILES string of the molecule is [2H]C1([2H])Cc2c(sc3ncnc(NC4CCC(N(C)C)CC4)c23)C1([2H])[2H]. The molecule has 2 aliphatic rings. The van der Waals surface area contributed by atoms with Gasteiger partial charge in [0.15, 0.2) is 0 Å². The molecule has 0 bridgehead atoms. The van der Waals surface area contributed by atoms with E-state index in [4.69, 9.17) is 5.48 Å². The fourth-order valence-corrected chi connectivity index (χ4v) is 4.55. The first-order valence-corrected chi connectivity index (χ1v) is 8.72. The molecule has 0 spiro atoms. The Bertz CT molecular complexity index is 828. The van der Waals surface area contributed by atoms with Gasteiger partial charge in [0.05, 0.1) is 5.39 Å². The Labute approximate surface area is 141 Å². The van der Waals surface area contributed by atoms with E-state index in [-0.39, 0.29) is 6.42 Å². The number of thiophene rings is 1. The minimum absolute atomic E-state index is 0.0742. The van der Waals surface area contributed by atoms with Crippen LogP contribution in [0.5, 0.6) is 0 Å². The summed E-state index contributed by atoms with van der Waals surface area (Å²) in [5.41, 5.74) is 0.741. The molecule has 22 heavy (non-hydrogen) atoms. The van der Waals surface area contributed by atoms with E-state index in [1.165, 1.54) is 17.7 Å². The molecule has 0 aromatic carbocycles. The zero-order valence-corrected chi connectivity index (χ0v) is 13.8. The summed E-state index contributed by atoms with van der Waals surface area (Å²) in [5, 5.41) is 4.36. The lowest BCUT2D eigenvalue weighted by Gasteiger charge is -2.33. The second-order valence-corrected chi connectivity index (χ2v) is 7.40. The molecule has 0 amide bonds. The Kier molecular flexibility index (Phi) is 2.77. The van der Waals surface area contributed by atoms with Gasteiger partial charge in [-0.15, -0.1) is 11.3 Å². The number of hydrogen-bond donors (Lipinski definition) is 1. The van der Waals surface area contributed by atoms with Crippen molar-refractivity contribution < 1.29 is 5.48 Å². The highest BCUT2D eigenvalue weighted by Crippen LogP contribution is 2.39. The summed E-state index contributed by atoms with van der Waals surface area (Å²) in [6, 6.07) is 0.970. The van der Waals surface area contributed by atoms with Gasteiger partial charge in [-0.05, 0) is 64.5 Å². The third-order valence-electron chi connectivity index (χ3n) is 4.82. The Balaban J connectivity index is 1.64. The van der Waals surface area contributed by atoms with Crippen molar-refractivity contribution in [3.05, 3.63) is 16.8 Å². The first kappa shape index (κ1) is 10.6. The van der Waals surface area contributed by atoms with Crippen molar-refractivity contribution in [1.29, 1.82) is 0 Å². The van der Waals surface area contributed by atoms with Crippen molar-refractivity contribution in [1.82, 2.24) is 14.9 Å². The van der Waals surface area contributed by atoms with E-state index in [1.54, 1.807) is 0 Å². The number of nitrogens with one attached hydrogen (secondary N) is 1. The normalized spacial score (nSPS) is 32.1. The molecular weight excluding hydrogens is 292 g/mol. The summed E-state index contributed by atoms with van der Waals surface area (Å²) in [6.07, 6.45) is 2.16. The zero-order chi connectivity index (χ0) is 18.7. The van der Waals surface area contributed by atoms with E-state index in [9.17, 15) is 0 Å². The molecular formula is C17H24N4S. The van der Waals surface area contributed by atoms with Gasteiger partial charge in [0.25, 0.3) is 0 Å². The van der Waals surface area contributed by atoms with Crippen LogP contribution in [0.1, 0.15) is 48.0 Å². The van der Waals surface area contributed by atoms with Crippen LogP contribution in [-0.2, 0) is 12.8 Å². The molecule has 0 saturated heterocycles. The van der Waals surface area contributed by atoms with Crippen molar-refractivity contribution in [3.63, 3.8) is 0 Å². The molecule has 2 aromatic rings. The van der Waals surface area contributed by atoms with Gasteiger partial charge in [-0.2, -0.15) is 0 Å². The van der Waals surface area contributed by atoms with Crippen LogP contribution in [0.4, 0.5) is 5.82 Å². The third kappa shape index (κ3) is 2.50. The second-order valence-electron chi connectivity index (χ2n) is 6.40. The van der Waals surface area contributed by atoms with E-state index in [1.807, 2.05) is 0 Å². The number of nitrogens with zero attached hydrogens (tertiary/aromatic N) is 3. The Morgan fingerprint density at radius 1 is 1.27 bits per heavy atom. The van der Waals surface area contributed by atoms with E-state index in [2.05, 4.69) is 34.3 Å². The number of aryl methyl sites for hydroxylation is 2. The molecule has 4 nitrogen and oxygen atoms in total. The van der Waals surface area contributed by atoms with Gasteiger partial charge >= 0.3 is 0 Å². The van der Waals surface area contributed by atoms with Crippen LogP contribution in [0.25, 0.3) is 10.2 Å². The Morgan fingerprint density at radius 2 is 2.09 bits per heavy atom. The quantitative estimate of drug-likeness (QED) is 0.940.